The van der Waals surface area contributed by atoms with Crippen LogP contribution in [0.5, 0.6) is 5.75 Å². The highest BCUT2D eigenvalue weighted by atomic mass is 35.5. The predicted octanol–water partition coefficient (Wildman–Crippen LogP) is 4.37. The van der Waals surface area contributed by atoms with Crippen molar-refractivity contribution in [3.8, 4) is 5.75 Å². The fourth-order valence-electron chi connectivity index (χ4n) is 2.32. The van der Waals surface area contributed by atoms with E-state index in [2.05, 4.69) is 5.32 Å². The number of rotatable bonds is 2. The van der Waals surface area contributed by atoms with Gasteiger partial charge in [0.2, 0.25) is 0 Å². The van der Waals surface area contributed by atoms with Gasteiger partial charge in [-0.25, -0.2) is 4.79 Å². The zero-order valence-corrected chi connectivity index (χ0v) is 13.9. The van der Waals surface area contributed by atoms with Crippen LogP contribution in [0.3, 0.4) is 0 Å². The van der Waals surface area contributed by atoms with Gasteiger partial charge >= 0.3 is 5.63 Å². The number of fused-ring (bicyclic) bond motifs is 1. The van der Waals surface area contributed by atoms with E-state index in [1.54, 1.807) is 13.0 Å². The Morgan fingerprint density at radius 1 is 1.12 bits per heavy atom. The number of nitrogens with one attached hydrogen (secondary N) is 1. The van der Waals surface area contributed by atoms with Crippen molar-refractivity contribution >= 4 is 45.8 Å². The van der Waals surface area contributed by atoms with Crippen LogP contribution in [0, 0.1) is 6.92 Å². The van der Waals surface area contributed by atoms with Crippen LogP contribution in [0.4, 0.5) is 5.69 Å². The molecule has 0 saturated carbocycles. The summed E-state index contributed by atoms with van der Waals surface area (Å²) in [5, 5.41) is 13.8. The number of anilines is 1. The number of hydrogen-bond donors (Lipinski definition) is 2. The molecule has 1 amide bonds. The Bertz CT molecular complexity index is 1030. The fourth-order valence-corrected chi connectivity index (χ4v) is 2.62. The number of carbonyl (C=O) groups excluding carboxylic acids is 1. The molecule has 7 heteroatoms. The van der Waals surface area contributed by atoms with E-state index in [-0.39, 0.29) is 27.6 Å². The minimum atomic E-state index is -0.573. The summed E-state index contributed by atoms with van der Waals surface area (Å²) in [5.41, 5.74) is 0.468. The van der Waals surface area contributed by atoms with Crippen molar-refractivity contribution in [2.24, 2.45) is 0 Å². The van der Waals surface area contributed by atoms with Crippen molar-refractivity contribution in [3.63, 3.8) is 0 Å². The molecular weight excluding hydrogens is 353 g/mol. The minimum absolute atomic E-state index is 0.0179. The molecule has 0 aliphatic carbocycles. The summed E-state index contributed by atoms with van der Waals surface area (Å²) < 4.78 is 5.16. The van der Waals surface area contributed by atoms with Gasteiger partial charge in [-0.3, -0.25) is 4.79 Å². The van der Waals surface area contributed by atoms with Gasteiger partial charge in [0.15, 0.2) is 5.58 Å². The smallest absolute Gasteiger partial charge is 0.336 e. The Hall–Kier alpha value is -2.50. The summed E-state index contributed by atoms with van der Waals surface area (Å²) in [6.45, 7) is 1.74. The van der Waals surface area contributed by atoms with E-state index in [0.29, 0.717) is 16.0 Å². The van der Waals surface area contributed by atoms with Crippen molar-refractivity contribution in [1.29, 1.82) is 0 Å². The van der Waals surface area contributed by atoms with Crippen LogP contribution in [-0.4, -0.2) is 11.0 Å². The van der Waals surface area contributed by atoms with Crippen LogP contribution in [-0.2, 0) is 0 Å². The number of amides is 1. The average molecular weight is 364 g/mol. The summed E-state index contributed by atoms with van der Waals surface area (Å²) in [7, 11) is 0. The minimum Gasteiger partial charge on any atom is -0.506 e. The first kappa shape index (κ1) is 16.4. The first-order chi connectivity index (χ1) is 11.4. The molecule has 1 aromatic heterocycles. The van der Waals surface area contributed by atoms with E-state index >= 15 is 0 Å². The van der Waals surface area contributed by atoms with E-state index in [1.807, 2.05) is 0 Å². The monoisotopic (exact) mass is 363 g/mol. The Labute approximate surface area is 146 Å². The summed E-state index contributed by atoms with van der Waals surface area (Å²) in [6.07, 6.45) is 0. The Balaban J connectivity index is 2.09. The fraction of sp³-hybridized carbons (Fsp3) is 0.0588. The van der Waals surface area contributed by atoms with E-state index in [9.17, 15) is 14.7 Å². The third-order valence-electron chi connectivity index (χ3n) is 3.52. The number of aryl methyl sites for hydroxylation is 1. The van der Waals surface area contributed by atoms with Crippen molar-refractivity contribution < 1.29 is 14.3 Å². The molecule has 0 bridgehead atoms. The number of halogens is 2. The molecule has 0 spiro atoms. The van der Waals surface area contributed by atoms with Gasteiger partial charge in [-0.1, -0.05) is 23.2 Å². The second kappa shape index (κ2) is 6.19. The third kappa shape index (κ3) is 2.96. The van der Waals surface area contributed by atoms with Crippen molar-refractivity contribution in [3.05, 3.63) is 68.0 Å². The SMILES string of the molecule is Cc1cc(=O)oc2c(NC(=O)c3ccc(Cl)c(Cl)c3)c(O)ccc12. The van der Waals surface area contributed by atoms with Gasteiger partial charge in [0, 0.05) is 17.0 Å². The highest BCUT2D eigenvalue weighted by Gasteiger charge is 2.16. The normalized spacial score (nSPS) is 10.8. The topological polar surface area (TPSA) is 79.5 Å². The van der Waals surface area contributed by atoms with Crippen LogP contribution >= 0.6 is 23.2 Å². The molecule has 24 heavy (non-hydrogen) atoms. The van der Waals surface area contributed by atoms with Gasteiger partial charge in [-0.2, -0.15) is 0 Å². The van der Waals surface area contributed by atoms with Crippen LogP contribution in [0.25, 0.3) is 11.0 Å². The Morgan fingerprint density at radius 2 is 1.88 bits per heavy atom. The van der Waals surface area contributed by atoms with E-state index in [1.165, 1.54) is 30.3 Å². The predicted molar refractivity (Wildman–Crippen MR) is 93.3 cm³/mol. The largest absolute Gasteiger partial charge is 0.506 e. The van der Waals surface area contributed by atoms with Crippen LogP contribution < -0.4 is 10.9 Å². The Kier molecular flexibility index (Phi) is 4.22. The Morgan fingerprint density at radius 3 is 2.58 bits per heavy atom. The molecule has 5 nitrogen and oxygen atoms in total. The lowest BCUT2D eigenvalue weighted by Gasteiger charge is -2.11. The quantitative estimate of drug-likeness (QED) is 0.523. The first-order valence-electron chi connectivity index (χ1n) is 6.89. The average Bonchev–Trinajstić information content (AvgIpc) is 2.52. The molecule has 3 rings (SSSR count). The lowest BCUT2D eigenvalue weighted by atomic mass is 10.1. The number of benzene rings is 2. The van der Waals surface area contributed by atoms with Gasteiger partial charge in [-0.15, -0.1) is 0 Å². The summed E-state index contributed by atoms with van der Waals surface area (Å²) in [4.78, 5) is 24.0. The van der Waals surface area contributed by atoms with E-state index < -0.39 is 11.5 Å². The number of phenolic OH excluding ortho intramolecular Hbond substituents is 1. The summed E-state index contributed by atoms with van der Waals surface area (Å²) >= 11 is 11.7. The zero-order valence-electron chi connectivity index (χ0n) is 12.4. The lowest BCUT2D eigenvalue weighted by Crippen LogP contribution is -2.13. The van der Waals surface area contributed by atoms with Gasteiger partial charge in [0.05, 0.1) is 10.0 Å². The number of hydrogen-bond acceptors (Lipinski definition) is 4. The number of carbonyl (C=O) groups is 1. The number of aromatic hydroxyl groups is 1. The molecule has 3 aromatic rings. The molecule has 0 radical (unpaired) electrons. The van der Waals surface area contributed by atoms with Crippen LogP contribution in [0.1, 0.15) is 15.9 Å². The van der Waals surface area contributed by atoms with Gasteiger partial charge in [-0.05, 0) is 42.8 Å². The number of phenols is 1. The molecule has 0 fully saturated rings. The van der Waals surface area contributed by atoms with Crippen molar-refractivity contribution in [1.82, 2.24) is 0 Å². The maximum absolute atomic E-state index is 12.4. The summed E-state index contributed by atoms with van der Waals surface area (Å²) in [5.74, 6) is -0.745. The highest BCUT2D eigenvalue weighted by Crippen LogP contribution is 2.33. The highest BCUT2D eigenvalue weighted by molar-refractivity contribution is 6.42. The third-order valence-corrected chi connectivity index (χ3v) is 4.26. The first-order valence-corrected chi connectivity index (χ1v) is 7.65. The molecule has 0 saturated heterocycles. The molecule has 2 N–H and O–H groups in total. The van der Waals surface area contributed by atoms with Crippen molar-refractivity contribution in [2.45, 2.75) is 6.92 Å². The second-order valence-electron chi connectivity index (χ2n) is 5.17. The standard InChI is InChI=1S/C17H11Cl2NO4/c1-8-6-14(22)24-16-10(8)3-5-13(21)15(16)20-17(23)9-2-4-11(18)12(19)7-9/h2-7,21H,1H3,(H,20,23). The molecule has 0 aliphatic rings. The lowest BCUT2D eigenvalue weighted by molar-refractivity contribution is 0.102. The maximum atomic E-state index is 12.4. The molecule has 0 aliphatic heterocycles. The van der Waals surface area contributed by atoms with Gasteiger partial charge in [0.1, 0.15) is 11.4 Å². The molecule has 0 atom stereocenters. The van der Waals surface area contributed by atoms with Gasteiger partial charge in [0.25, 0.3) is 5.91 Å². The molecule has 122 valence electrons. The summed E-state index contributed by atoms with van der Waals surface area (Å²) in [6, 6.07) is 8.75. The molecule has 2 aromatic carbocycles. The maximum Gasteiger partial charge on any atom is 0.336 e. The molecule has 1 heterocycles. The zero-order chi connectivity index (χ0) is 17.4. The van der Waals surface area contributed by atoms with Gasteiger partial charge < -0.3 is 14.8 Å². The van der Waals surface area contributed by atoms with Crippen LogP contribution in [0.2, 0.25) is 10.0 Å². The molecular formula is C17H11Cl2NO4. The second-order valence-corrected chi connectivity index (χ2v) is 5.98. The van der Waals surface area contributed by atoms with E-state index in [4.69, 9.17) is 27.6 Å². The van der Waals surface area contributed by atoms with E-state index in [0.717, 1.165) is 0 Å². The van der Waals surface area contributed by atoms with Crippen LogP contribution in [0.15, 0.2) is 45.6 Å². The van der Waals surface area contributed by atoms with Crippen molar-refractivity contribution in [2.75, 3.05) is 5.32 Å². The molecule has 0 unspecified atom stereocenters.